The molecule has 7 heteroatoms. The van der Waals surface area contributed by atoms with Gasteiger partial charge in [-0.25, -0.2) is 10.4 Å². The highest BCUT2D eigenvalue weighted by atomic mass is 79.9. The van der Waals surface area contributed by atoms with Crippen LogP contribution in [0.1, 0.15) is 16.7 Å². The van der Waals surface area contributed by atoms with Crippen molar-refractivity contribution in [3.8, 4) is 0 Å². The molecule has 1 N–H and O–H groups in total. The highest BCUT2D eigenvalue weighted by molar-refractivity contribution is 9.12. The van der Waals surface area contributed by atoms with E-state index in [-0.39, 0.29) is 11.7 Å². The number of thioether (sulfide) groups is 1. The first-order chi connectivity index (χ1) is 16.1. The Hall–Kier alpha value is -3.16. The topological polar surface area (TPSA) is 59.3 Å². The number of carbonyl (C=O) groups excluding carboxylic acids is 1. The van der Waals surface area contributed by atoms with Crippen molar-refractivity contribution >= 4 is 56.9 Å². The van der Waals surface area contributed by atoms with E-state index in [1.807, 2.05) is 54.6 Å². The average molecular weight is 519 g/mol. The van der Waals surface area contributed by atoms with E-state index < -0.39 is 0 Å². The molecule has 0 saturated carbocycles. The number of nitrogens with zero attached hydrogens (tertiary/aromatic N) is 3. The number of carbonyl (C=O) groups is 1. The van der Waals surface area contributed by atoms with E-state index in [1.165, 1.54) is 22.9 Å². The summed E-state index contributed by atoms with van der Waals surface area (Å²) in [5.74, 6) is 0.0272. The zero-order valence-electron chi connectivity index (χ0n) is 18.1. The van der Waals surface area contributed by atoms with E-state index >= 15 is 0 Å². The maximum absolute atomic E-state index is 12.4. The Morgan fingerprint density at radius 2 is 1.79 bits per heavy atom. The number of imidazole rings is 1. The monoisotopic (exact) mass is 518 g/mol. The first-order valence-electron chi connectivity index (χ1n) is 10.5. The van der Waals surface area contributed by atoms with Gasteiger partial charge < -0.3 is 4.57 Å². The van der Waals surface area contributed by atoms with Crippen molar-refractivity contribution in [3.05, 3.63) is 100 Å². The SMILES string of the molecule is Cc1ccc(Cn2c(SCC(=O)N/N=C\C(Br)=C\c3ccccc3)nc3ccccc32)cc1. The van der Waals surface area contributed by atoms with Gasteiger partial charge in [0.2, 0.25) is 0 Å². The van der Waals surface area contributed by atoms with Gasteiger partial charge in [0.15, 0.2) is 5.16 Å². The van der Waals surface area contributed by atoms with Crippen LogP contribution in [0.2, 0.25) is 0 Å². The van der Waals surface area contributed by atoms with Crippen LogP contribution >= 0.6 is 27.7 Å². The second-order valence-electron chi connectivity index (χ2n) is 7.48. The van der Waals surface area contributed by atoms with Gasteiger partial charge in [0.05, 0.1) is 29.5 Å². The van der Waals surface area contributed by atoms with Crippen LogP contribution in [0.3, 0.4) is 0 Å². The molecule has 0 unspecified atom stereocenters. The van der Waals surface area contributed by atoms with Gasteiger partial charge in [0.25, 0.3) is 5.91 Å². The number of allylic oxidation sites excluding steroid dienone is 1. The number of hydrazone groups is 1. The standard InChI is InChI=1S/C26H23BrN4OS/c1-19-11-13-21(14-12-19)17-31-24-10-6-5-9-23(24)29-26(31)33-18-25(32)30-28-16-22(27)15-20-7-3-2-4-8-20/h2-16H,17-18H2,1H3,(H,30,32)/b22-15-,28-16-. The van der Waals surface area contributed by atoms with Crippen LogP contribution in [0.5, 0.6) is 0 Å². The van der Waals surface area contributed by atoms with E-state index in [0.29, 0.717) is 6.54 Å². The van der Waals surface area contributed by atoms with Crippen molar-refractivity contribution in [1.29, 1.82) is 0 Å². The van der Waals surface area contributed by atoms with Gasteiger partial charge >= 0.3 is 0 Å². The number of aromatic nitrogens is 2. The maximum atomic E-state index is 12.4. The highest BCUT2D eigenvalue weighted by Crippen LogP contribution is 2.25. The van der Waals surface area contributed by atoms with Crippen LogP contribution in [0.4, 0.5) is 0 Å². The van der Waals surface area contributed by atoms with Crippen LogP contribution in [-0.4, -0.2) is 27.4 Å². The lowest BCUT2D eigenvalue weighted by molar-refractivity contribution is -0.118. The molecular formula is C26H23BrN4OS. The van der Waals surface area contributed by atoms with Crippen molar-refractivity contribution < 1.29 is 4.79 Å². The molecule has 1 aromatic heterocycles. The lowest BCUT2D eigenvalue weighted by Crippen LogP contribution is -2.20. The lowest BCUT2D eigenvalue weighted by Gasteiger charge is -2.09. The summed E-state index contributed by atoms with van der Waals surface area (Å²) in [5, 5.41) is 4.85. The molecule has 3 aromatic carbocycles. The number of rotatable bonds is 8. The Morgan fingerprint density at radius 3 is 2.58 bits per heavy atom. The molecule has 4 rings (SSSR count). The summed E-state index contributed by atoms with van der Waals surface area (Å²) < 4.78 is 2.92. The number of amides is 1. The molecule has 0 radical (unpaired) electrons. The average Bonchev–Trinajstić information content (AvgIpc) is 3.17. The molecule has 0 aliphatic carbocycles. The van der Waals surface area contributed by atoms with Crippen molar-refractivity contribution in [3.63, 3.8) is 0 Å². The number of aryl methyl sites for hydroxylation is 1. The van der Waals surface area contributed by atoms with Gasteiger partial charge in [-0.3, -0.25) is 4.79 Å². The van der Waals surface area contributed by atoms with E-state index in [4.69, 9.17) is 4.98 Å². The van der Waals surface area contributed by atoms with E-state index in [2.05, 4.69) is 68.3 Å². The third kappa shape index (κ3) is 6.43. The quantitative estimate of drug-likeness (QED) is 0.176. The van der Waals surface area contributed by atoms with Crippen molar-refractivity contribution in [2.75, 3.05) is 5.75 Å². The van der Waals surface area contributed by atoms with Gasteiger partial charge in [-0.05, 0) is 52.2 Å². The summed E-state index contributed by atoms with van der Waals surface area (Å²) in [7, 11) is 0. The Morgan fingerprint density at radius 1 is 1.06 bits per heavy atom. The Kier molecular flexibility index (Phi) is 7.75. The molecule has 0 bridgehead atoms. The van der Waals surface area contributed by atoms with Crippen LogP contribution in [-0.2, 0) is 11.3 Å². The van der Waals surface area contributed by atoms with E-state index in [9.17, 15) is 4.79 Å². The number of hydrogen-bond acceptors (Lipinski definition) is 4. The highest BCUT2D eigenvalue weighted by Gasteiger charge is 2.13. The Labute approximate surface area is 205 Å². The lowest BCUT2D eigenvalue weighted by atomic mass is 10.1. The molecule has 33 heavy (non-hydrogen) atoms. The minimum atomic E-state index is -0.190. The molecule has 0 aliphatic rings. The molecule has 4 aromatic rings. The molecule has 166 valence electrons. The Bertz CT molecular complexity index is 1300. The molecule has 1 heterocycles. The van der Waals surface area contributed by atoms with Gasteiger partial charge in [-0.1, -0.05) is 84.1 Å². The summed E-state index contributed by atoms with van der Waals surface area (Å²) in [5.41, 5.74) is 8.01. The van der Waals surface area contributed by atoms with Crippen molar-refractivity contribution in [1.82, 2.24) is 15.0 Å². The smallest absolute Gasteiger partial charge is 0.250 e. The fraction of sp³-hybridized carbons (Fsp3) is 0.115. The second kappa shape index (κ2) is 11.1. The third-order valence-corrected chi connectivity index (χ3v) is 6.30. The molecule has 0 spiro atoms. The van der Waals surface area contributed by atoms with Gasteiger partial charge in [-0.15, -0.1) is 0 Å². The summed E-state index contributed by atoms with van der Waals surface area (Å²) in [6, 6.07) is 26.4. The van der Waals surface area contributed by atoms with Crippen LogP contribution in [0.15, 0.2) is 93.6 Å². The predicted molar refractivity (Wildman–Crippen MR) is 141 cm³/mol. The molecule has 1 amide bonds. The van der Waals surface area contributed by atoms with Crippen LogP contribution in [0.25, 0.3) is 17.1 Å². The zero-order valence-corrected chi connectivity index (χ0v) is 20.5. The van der Waals surface area contributed by atoms with E-state index in [0.717, 1.165) is 26.2 Å². The first kappa shape index (κ1) is 23.0. The number of halogens is 1. The second-order valence-corrected chi connectivity index (χ2v) is 9.33. The molecule has 5 nitrogen and oxygen atoms in total. The predicted octanol–water partition coefficient (Wildman–Crippen LogP) is 6.02. The minimum absolute atomic E-state index is 0.190. The number of para-hydroxylation sites is 2. The van der Waals surface area contributed by atoms with Crippen molar-refractivity contribution in [2.45, 2.75) is 18.6 Å². The third-order valence-electron chi connectivity index (χ3n) is 4.89. The number of fused-ring (bicyclic) bond motifs is 1. The first-order valence-corrected chi connectivity index (χ1v) is 12.2. The zero-order chi connectivity index (χ0) is 23.0. The van der Waals surface area contributed by atoms with Gasteiger partial charge in [0, 0.05) is 4.48 Å². The van der Waals surface area contributed by atoms with Crippen molar-refractivity contribution in [2.24, 2.45) is 5.10 Å². The maximum Gasteiger partial charge on any atom is 0.250 e. The van der Waals surface area contributed by atoms with Crippen LogP contribution in [0, 0.1) is 6.92 Å². The molecule has 0 aliphatic heterocycles. The molecule has 0 saturated heterocycles. The van der Waals surface area contributed by atoms with E-state index in [1.54, 1.807) is 6.21 Å². The summed E-state index contributed by atoms with van der Waals surface area (Å²) in [4.78, 5) is 17.1. The van der Waals surface area contributed by atoms with Gasteiger partial charge in [0.1, 0.15) is 0 Å². The van der Waals surface area contributed by atoms with Gasteiger partial charge in [-0.2, -0.15) is 5.10 Å². The van der Waals surface area contributed by atoms with Crippen LogP contribution < -0.4 is 5.43 Å². The molecule has 0 atom stereocenters. The number of hydrogen-bond donors (Lipinski definition) is 1. The largest absolute Gasteiger partial charge is 0.314 e. The number of nitrogens with one attached hydrogen (secondary N) is 1. The molecular weight excluding hydrogens is 496 g/mol. The summed E-state index contributed by atoms with van der Waals surface area (Å²) >= 11 is 4.85. The fourth-order valence-electron chi connectivity index (χ4n) is 3.27. The normalized spacial score (nSPS) is 11.9. The number of benzene rings is 3. The summed E-state index contributed by atoms with van der Waals surface area (Å²) in [6.07, 6.45) is 3.50. The Balaban J connectivity index is 1.40. The minimum Gasteiger partial charge on any atom is -0.314 e. The molecule has 0 fully saturated rings. The fourth-order valence-corrected chi connectivity index (χ4v) is 4.44. The summed E-state index contributed by atoms with van der Waals surface area (Å²) in [6.45, 7) is 2.77.